The van der Waals surface area contributed by atoms with Crippen molar-refractivity contribution in [3.63, 3.8) is 0 Å². The number of allylic oxidation sites excluding steroid dienone is 1. The van der Waals surface area contributed by atoms with E-state index < -0.39 is 12.0 Å². The van der Waals surface area contributed by atoms with Crippen LogP contribution in [0.25, 0.3) is 0 Å². The van der Waals surface area contributed by atoms with Crippen molar-refractivity contribution in [2.45, 2.75) is 51.1 Å². The third kappa shape index (κ3) is 7.47. The molecule has 3 aromatic rings. The number of likely N-dealkylation sites (N-methyl/N-ethyl adjacent to an activating group) is 1. The summed E-state index contributed by atoms with van der Waals surface area (Å²) in [4.78, 5) is 32.4. The smallest absolute Gasteiger partial charge is 0.338 e. The van der Waals surface area contributed by atoms with Crippen LogP contribution in [0.1, 0.15) is 51.3 Å². The average molecular weight is 693 g/mol. The molecule has 0 radical (unpaired) electrons. The van der Waals surface area contributed by atoms with Crippen LogP contribution in [-0.4, -0.2) is 65.0 Å². The lowest BCUT2D eigenvalue weighted by Gasteiger charge is -2.29. The number of rotatable bonds is 13. The Hall–Kier alpha value is -3.22. The predicted molar refractivity (Wildman–Crippen MR) is 171 cm³/mol. The standard InChI is InChI=1S/C30H35BrClN5O5S/c1-6-13-41-28(39)25-18(4)33-29-34-30(43-17-19-11-9-10-12-22(19)32)35-37(29)26(25)20-14-21(31)27(23(15-20)40-5)42-16-24(38)36(7-2)8-3/h9-12,14-15,26H,6-8,13,16-17H2,1-5H3,(H,33,34,35). The molecule has 1 unspecified atom stereocenters. The van der Waals surface area contributed by atoms with E-state index in [0.29, 0.717) is 74.2 Å². The molecule has 13 heteroatoms. The summed E-state index contributed by atoms with van der Waals surface area (Å²) in [6.45, 7) is 8.91. The maximum absolute atomic E-state index is 13.4. The van der Waals surface area contributed by atoms with Gasteiger partial charge < -0.3 is 24.4 Å². The van der Waals surface area contributed by atoms with E-state index in [1.54, 1.807) is 15.6 Å². The highest BCUT2D eigenvalue weighted by molar-refractivity contribution is 9.10. The molecule has 230 valence electrons. The molecule has 1 aromatic heterocycles. The van der Waals surface area contributed by atoms with Crippen LogP contribution >= 0.6 is 39.3 Å². The van der Waals surface area contributed by atoms with E-state index in [4.69, 9.17) is 35.9 Å². The maximum Gasteiger partial charge on any atom is 0.338 e. The molecule has 0 fully saturated rings. The molecule has 0 spiro atoms. The van der Waals surface area contributed by atoms with Crippen LogP contribution in [0.2, 0.25) is 5.02 Å². The van der Waals surface area contributed by atoms with Crippen LogP contribution in [0.3, 0.4) is 0 Å². The molecule has 1 aliphatic heterocycles. The van der Waals surface area contributed by atoms with Gasteiger partial charge >= 0.3 is 5.97 Å². The number of hydrogen-bond donors (Lipinski definition) is 1. The first-order chi connectivity index (χ1) is 20.7. The second-order valence-corrected chi connectivity index (χ2v) is 11.8. The summed E-state index contributed by atoms with van der Waals surface area (Å²) in [5.41, 5.74) is 2.65. The lowest BCUT2D eigenvalue weighted by molar-refractivity contribution is -0.139. The molecular formula is C30H35BrClN5O5S. The van der Waals surface area contributed by atoms with Crippen LogP contribution in [0.4, 0.5) is 5.95 Å². The summed E-state index contributed by atoms with van der Waals surface area (Å²) in [5, 5.41) is 9.20. The molecule has 0 bridgehead atoms. The number of halogens is 2. The normalized spacial score (nSPS) is 14.2. The second kappa shape index (κ2) is 15.0. The largest absolute Gasteiger partial charge is 0.493 e. The number of esters is 1. The molecular weight excluding hydrogens is 658 g/mol. The lowest BCUT2D eigenvalue weighted by Crippen LogP contribution is -2.34. The number of carbonyl (C=O) groups is 2. The number of anilines is 1. The van der Waals surface area contributed by atoms with Crippen LogP contribution < -0.4 is 14.8 Å². The molecule has 2 heterocycles. The third-order valence-corrected chi connectivity index (χ3v) is 8.67. The van der Waals surface area contributed by atoms with E-state index in [-0.39, 0.29) is 19.1 Å². The Balaban J connectivity index is 1.72. The summed E-state index contributed by atoms with van der Waals surface area (Å²) in [6, 6.07) is 10.6. The number of nitrogens with zero attached hydrogens (tertiary/aromatic N) is 4. The Bertz CT molecular complexity index is 1510. The maximum atomic E-state index is 13.4. The zero-order chi connectivity index (χ0) is 31.1. The molecule has 2 aromatic carbocycles. The topological polar surface area (TPSA) is 108 Å². The van der Waals surface area contributed by atoms with Gasteiger partial charge in [-0.1, -0.05) is 48.5 Å². The highest BCUT2D eigenvalue weighted by atomic mass is 79.9. The van der Waals surface area contributed by atoms with Crippen molar-refractivity contribution in [3.05, 3.63) is 68.3 Å². The Morgan fingerprint density at radius 3 is 2.60 bits per heavy atom. The number of carbonyl (C=O) groups excluding carboxylic acids is 2. The van der Waals surface area contributed by atoms with E-state index in [1.165, 1.54) is 18.9 Å². The first-order valence-electron chi connectivity index (χ1n) is 14.0. The van der Waals surface area contributed by atoms with Gasteiger partial charge in [0.2, 0.25) is 11.1 Å². The number of amides is 1. The number of aromatic nitrogens is 3. The number of methoxy groups -OCH3 is 1. The summed E-state index contributed by atoms with van der Waals surface area (Å²) in [5.74, 6) is 1.24. The van der Waals surface area contributed by atoms with Crippen molar-refractivity contribution in [2.24, 2.45) is 0 Å². The number of fused-ring (bicyclic) bond motifs is 1. The summed E-state index contributed by atoms with van der Waals surface area (Å²) in [6.07, 6.45) is 0.686. The van der Waals surface area contributed by atoms with Crippen molar-refractivity contribution in [1.29, 1.82) is 0 Å². The van der Waals surface area contributed by atoms with E-state index in [0.717, 1.165) is 5.56 Å². The van der Waals surface area contributed by atoms with Crippen molar-refractivity contribution in [3.8, 4) is 11.5 Å². The predicted octanol–water partition coefficient (Wildman–Crippen LogP) is 6.48. The Morgan fingerprint density at radius 1 is 1.19 bits per heavy atom. The lowest BCUT2D eigenvalue weighted by atomic mass is 9.95. The van der Waals surface area contributed by atoms with Gasteiger partial charge in [-0.05, 0) is 72.4 Å². The Kier molecular flexibility index (Phi) is 11.4. The van der Waals surface area contributed by atoms with Crippen molar-refractivity contribution < 1.29 is 23.8 Å². The van der Waals surface area contributed by atoms with Crippen LogP contribution in [0, 0.1) is 0 Å². The molecule has 4 rings (SSSR count). The molecule has 43 heavy (non-hydrogen) atoms. The van der Waals surface area contributed by atoms with E-state index in [9.17, 15) is 9.59 Å². The first kappa shape index (κ1) is 32.7. The number of ether oxygens (including phenoxy) is 3. The fraction of sp³-hybridized carbons (Fsp3) is 0.400. The monoisotopic (exact) mass is 691 g/mol. The van der Waals surface area contributed by atoms with Crippen LogP contribution in [0.5, 0.6) is 11.5 Å². The molecule has 1 atom stereocenters. The third-order valence-electron chi connectivity index (χ3n) is 6.83. The highest BCUT2D eigenvalue weighted by Gasteiger charge is 2.36. The van der Waals surface area contributed by atoms with Gasteiger partial charge in [-0.25, -0.2) is 9.48 Å². The minimum absolute atomic E-state index is 0.130. The van der Waals surface area contributed by atoms with Gasteiger partial charge in [-0.2, -0.15) is 4.98 Å². The summed E-state index contributed by atoms with van der Waals surface area (Å²) >= 11 is 11.4. The minimum Gasteiger partial charge on any atom is -0.493 e. The van der Waals surface area contributed by atoms with Gasteiger partial charge in [0.25, 0.3) is 5.91 Å². The average Bonchev–Trinajstić information content (AvgIpc) is 3.40. The molecule has 1 amide bonds. The number of nitrogens with one attached hydrogen (secondary N) is 1. The van der Waals surface area contributed by atoms with Gasteiger partial charge in [-0.15, -0.1) is 5.10 Å². The van der Waals surface area contributed by atoms with Gasteiger partial charge in [0.15, 0.2) is 18.1 Å². The molecule has 1 N–H and O–H groups in total. The minimum atomic E-state index is -0.681. The number of hydrogen-bond acceptors (Lipinski definition) is 9. The van der Waals surface area contributed by atoms with E-state index in [2.05, 4.69) is 21.2 Å². The van der Waals surface area contributed by atoms with Crippen molar-refractivity contribution in [1.82, 2.24) is 19.7 Å². The van der Waals surface area contributed by atoms with Gasteiger partial charge in [0, 0.05) is 29.6 Å². The Morgan fingerprint density at radius 2 is 1.93 bits per heavy atom. The SMILES string of the molecule is CCCOC(=O)C1=C(C)Nc2nc(SCc3ccccc3Cl)nn2C1c1cc(Br)c(OCC(=O)N(CC)CC)c(OC)c1. The highest BCUT2D eigenvalue weighted by Crippen LogP contribution is 2.43. The molecule has 1 aliphatic rings. The molecule has 10 nitrogen and oxygen atoms in total. The fourth-order valence-electron chi connectivity index (χ4n) is 4.63. The Labute approximate surface area is 269 Å². The number of benzene rings is 2. The molecule has 0 saturated carbocycles. The summed E-state index contributed by atoms with van der Waals surface area (Å²) in [7, 11) is 1.52. The zero-order valence-electron chi connectivity index (χ0n) is 24.8. The van der Waals surface area contributed by atoms with Crippen molar-refractivity contribution in [2.75, 3.05) is 38.7 Å². The number of thioether (sulfide) groups is 1. The van der Waals surface area contributed by atoms with Gasteiger partial charge in [-0.3, -0.25) is 4.79 Å². The van der Waals surface area contributed by atoms with E-state index >= 15 is 0 Å². The molecule has 0 saturated heterocycles. The quantitative estimate of drug-likeness (QED) is 0.159. The van der Waals surface area contributed by atoms with Crippen molar-refractivity contribution >= 4 is 57.1 Å². The summed E-state index contributed by atoms with van der Waals surface area (Å²) < 4.78 is 19.4. The van der Waals surface area contributed by atoms with E-state index in [1.807, 2.05) is 58.0 Å². The second-order valence-electron chi connectivity index (χ2n) is 9.63. The fourth-order valence-corrected chi connectivity index (χ4v) is 6.32. The van der Waals surface area contributed by atoms with Gasteiger partial charge in [0.05, 0.1) is 23.8 Å². The van der Waals surface area contributed by atoms with Crippen LogP contribution in [-0.2, 0) is 20.1 Å². The zero-order valence-corrected chi connectivity index (χ0v) is 27.9. The molecule has 0 aliphatic carbocycles. The van der Waals surface area contributed by atoms with Gasteiger partial charge in [0.1, 0.15) is 6.04 Å². The first-order valence-corrected chi connectivity index (χ1v) is 16.1. The van der Waals surface area contributed by atoms with Crippen LogP contribution in [0.15, 0.2) is 57.3 Å².